The van der Waals surface area contributed by atoms with Crippen molar-refractivity contribution in [3.63, 3.8) is 0 Å². The largest absolute Gasteiger partial charge is 0.493 e. The number of hydrogen-bond acceptors (Lipinski definition) is 6. The van der Waals surface area contributed by atoms with Crippen LogP contribution in [0.25, 0.3) is 0 Å². The Morgan fingerprint density at radius 3 is 2.31 bits per heavy atom. The third-order valence-corrected chi connectivity index (χ3v) is 5.60. The molecular weight excluding hydrogens is 412 g/mol. The summed E-state index contributed by atoms with van der Waals surface area (Å²) in [6.45, 7) is 4.32. The lowest BCUT2D eigenvalue weighted by Crippen LogP contribution is -2.47. The van der Waals surface area contributed by atoms with Crippen LogP contribution >= 0.6 is 0 Å². The van der Waals surface area contributed by atoms with Crippen LogP contribution in [0.5, 0.6) is 11.5 Å². The van der Waals surface area contributed by atoms with Crippen molar-refractivity contribution in [3.8, 4) is 11.5 Å². The summed E-state index contributed by atoms with van der Waals surface area (Å²) in [5.74, 6) is 1.00. The fraction of sp³-hybridized carbons (Fsp3) is 0.417. The Hall–Kier alpha value is -3.42. The van der Waals surface area contributed by atoms with E-state index in [0.29, 0.717) is 30.2 Å². The van der Waals surface area contributed by atoms with Gasteiger partial charge in [-0.1, -0.05) is 30.3 Å². The quantitative estimate of drug-likeness (QED) is 0.641. The van der Waals surface area contributed by atoms with Gasteiger partial charge in [0.15, 0.2) is 11.5 Å². The maximum absolute atomic E-state index is 12.9. The summed E-state index contributed by atoms with van der Waals surface area (Å²) in [5, 5.41) is 0. The highest BCUT2D eigenvalue weighted by Crippen LogP contribution is 2.46. The number of benzene rings is 2. The van der Waals surface area contributed by atoms with Gasteiger partial charge in [-0.15, -0.1) is 0 Å². The number of carbonyl (C=O) groups is 2. The van der Waals surface area contributed by atoms with E-state index in [2.05, 4.69) is 0 Å². The molecule has 172 valence electrons. The SMILES string of the molecule is CCOC(=O)N1c2cc(OC)c(OC)cc2[C@H](N(Cc2ccccc2)C(=O)OC)C[C@@H]1C. The van der Waals surface area contributed by atoms with Crippen LogP contribution in [-0.4, -0.2) is 51.1 Å². The predicted octanol–water partition coefficient (Wildman–Crippen LogP) is 4.77. The normalized spacial score (nSPS) is 17.2. The highest BCUT2D eigenvalue weighted by Gasteiger charge is 2.40. The number of methoxy groups -OCH3 is 3. The molecule has 0 radical (unpaired) electrons. The molecule has 2 amide bonds. The molecule has 0 fully saturated rings. The molecule has 0 N–H and O–H groups in total. The fourth-order valence-corrected chi connectivity index (χ4v) is 4.12. The van der Waals surface area contributed by atoms with E-state index in [4.69, 9.17) is 18.9 Å². The van der Waals surface area contributed by atoms with E-state index in [1.807, 2.05) is 43.3 Å². The number of anilines is 1. The lowest BCUT2D eigenvalue weighted by Gasteiger charge is -2.42. The zero-order valence-corrected chi connectivity index (χ0v) is 19.2. The summed E-state index contributed by atoms with van der Waals surface area (Å²) >= 11 is 0. The molecule has 1 aliphatic rings. The molecule has 1 heterocycles. The van der Waals surface area contributed by atoms with Gasteiger partial charge in [0.25, 0.3) is 0 Å². The standard InChI is InChI=1S/C24H30N2O6/c1-6-32-24(28)26-16(2)12-19(18-13-21(29-3)22(30-4)14-20(18)26)25(23(27)31-5)15-17-10-8-7-9-11-17/h7-11,13-14,16,19H,6,12,15H2,1-5H3/t16-,19+/m0/s1. The minimum Gasteiger partial charge on any atom is -0.493 e. The molecule has 0 saturated heterocycles. The molecule has 0 aromatic heterocycles. The second-order valence-electron chi connectivity index (χ2n) is 7.52. The third kappa shape index (κ3) is 4.59. The van der Waals surface area contributed by atoms with Crippen molar-refractivity contribution >= 4 is 17.9 Å². The number of fused-ring (bicyclic) bond motifs is 1. The maximum Gasteiger partial charge on any atom is 0.414 e. The highest BCUT2D eigenvalue weighted by atomic mass is 16.6. The number of rotatable bonds is 6. The van der Waals surface area contributed by atoms with Crippen molar-refractivity contribution in [1.29, 1.82) is 0 Å². The lowest BCUT2D eigenvalue weighted by molar-refractivity contribution is 0.0941. The van der Waals surface area contributed by atoms with Gasteiger partial charge in [0, 0.05) is 24.2 Å². The van der Waals surface area contributed by atoms with Crippen molar-refractivity contribution in [2.45, 2.75) is 38.9 Å². The van der Waals surface area contributed by atoms with E-state index in [1.165, 1.54) is 7.11 Å². The molecule has 2 aromatic rings. The molecule has 32 heavy (non-hydrogen) atoms. The fourth-order valence-electron chi connectivity index (χ4n) is 4.12. The summed E-state index contributed by atoms with van der Waals surface area (Å²) in [5.41, 5.74) is 2.35. The molecule has 1 aliphatic heterocycles. The first kappa shape index (κ1) is 23.2. The number of hydrogen-bond donors (Lipinski definition) is 0. The van der Waals surface area contributed by atoms with Gasteiger partial charge in [0.1, 0.15) is 0 Å². The van der Waals surface area contributed by atoms with E-state index in [9.17, 15) is 9.59 Å². The molecule has 8 nitrogen and oxygen atoms in total. The van der Waals surface area contributed by atoms with Crippen molar-refractivity contribution in [3.05, 3.63) is 53.6 Å². The Morgan fingerprint density at radius 1 is 1.06 bits per heavy atom. The number of amides is 2. The summed E-state index contributed by atoms with van der Waals surface area (Å²) < 4.78 is 21.4. The lowest BCUT2D eigenvalue weighted by atomic mass is 9.90. The van der Waals surface area contributed by atoms with Gasteiger partial charge in [-0.3, -0.25) is 9.80 Å². The number of ether oxygens (including phenoxy) is 4. The van der Waals surface area contributed by atoms with Gasteiger partial charge in [-0.25, -0.2) is 9.59 Å². The Morgan fingerprint density at radius 2 is 1.72 bits per heavy atom. The van der Waals surface area contributed by atoms with Crippen LogP contribution in [0.4, 0.5) is 15.3 Å². The molecule has 0 unspecified atom stereocenters. The Balaban J connectivity index is 2.14. The van der Waals surface area contributed by atoms with Crippen molar-refractivity contribution in [2.75, 3.05) is 32.8 Å². The minimum absolute atomic E-state index is 0.229. The maximum atomic E-state index is 12.9. The van der Waals surface area contributed by atoms with Gasteiger partial charge in [0.05, 0.1) is 39.7 Å². The third-order valence-electron chi connectivity index (χ3n) is 5.60. The zero-order chi connectivity index (χ0) is 23.3. The Bertz CT molecular complexity index is 949. The minimum atomic E-state index is -0.448. The highest BCUT2D eigenvalue weighted by molar-refractivity contribution is 5.91. The first-order valence-corrected chi connectivity index (χ1v) is 10.6. The number of carbonyl (C=O) groups excluding carboxylic acids is 2. The molecule has 2 aromatic carbocycles. The second-order valence-corrected chi connectivity index (χ2v) is 7.52. The zero-order valence-electron chi connectivity index (χ0n) is 19.2. The Labute approximate surface area is 188 Å². The van der Waals surface area contributed by atoms with Crippen LogP contribution in [0.15, 0.2) is 42.5 Å². The van der Waals surface area contributed by atoms with Crippen LogP contribution in [0, 0.1) is 0 Å². The molecule has 8 heteroatoms. The van der Waals surface area contributed by atoms with Crippen LogP contribution in [0.2, 0.25) is 0 Å². The molecule has 0 spiro atoms. The summed E-state index contributed by atoms with van der Waals surface area (Å²) in [4.78, 5) is 29.0. The van der Waals surface area contributed by atoms with Crippen molar-refractivity contribution < 1.29 is 28.5 Å². The smallest absolute Gasteiger partial charge is 0.414 e. The van der Waals surface area contributed by atoms with Crippen LogP contribution in [0.3, 0.4) is 0 Å². The van der Waals surface area contributed by atoms with E-state index in [-0.39, 0.29) is 18.7 Å². The van der Waals surface area contributed by atoms with Gasteiger partial charge in [0.2, 0.25) is 0 Å². The van der Waals surface area contributed by atoms with Crippen LogP contribution < -0.4 is 14.4 Å². The summed E-state index contributed by atoms with van der Waals surface area (Å²) in [6.07, 6.45) is -0.389. The average molecular weight is 443 g/mol. The van der Waals surface area contributed by atoms with Gasteiger partial charge < -0.3 is 18.9 Å². The first-order chi connectivity index (χ1) is 15.4. The predicted molar refractivity (Wildman–Crippen MR) is 120 cm³/mol. The van der Waals surface area contributed by atoms with Gasteiger partial charge in [-0.2, -0.15) is 0 Å². The molecule has 0 aliphatic carbocycles. The van der Waals surface area contributed by atoms with Crippen LogP contribution in [0.1, 0.15) is 37.4 Å². The van der Waals surface area contributed by atoms with Crippen LogP contribution in [-0.2, 0) is 16.0 Å². The van der Waals surface area contributed by atoms with Gasteiger partial charge >= 0.3 is 12.2 Å². The van der Waals surface area contributed by atoms with E-state index in [1.54, 1.807) is 37.0 Å². The molecule has 0 saturated carbocycles. The topological polar surface area (TPSA) is 77.5 Å². The molecule has 0 bridgehead atoms. The molecule has 3 rings (SSSR count). The van der Waals surface area contributed by atoms with Gasteiger partial charge in [-0.05, 0) is 31.9 Å². The first-order valence-electron chi connectivity index (χ1n) is 10.6. The Kier molecular flexibility index (Phi) is 7.45. The summed E-state index contributed by atoms with van der Waals surface area (Å²) in [7, 11) is 4.46. The number of nitrogens with zero attached hydrogens (tertiary/aromatic N) is 2. The van der Waals surface area contributed by atoms with Crippen molar-refractivity contribution in [2.24, 2.45) is 0 Å². The molecule has 2 atom stereocenters. The monoisotopic (exact) mass is 442 g/mol. The summed E-state index contributed by atoms with van der Waals surface area (Å²) in [6, 6.07) is 12.7. The molecular formula is C24H30N2O6. The van der Waals surface area contributed by atoms with E-state index < -0.39 is 12.2 Å². The average Bonchev–Trinajstić information content (AvgIpc) is 2.81. The van der Waals surface area contributed by atoms with Crippen molar-refractivity contribution in [1.82, 2.24) is 4.90 Å². The van der Waals surface area contributed by atoms with E-state index in [0.717, 1.165) is 11.1 Å². The van der Waals surface area contributed by atoms with E-state index >= 15 is 0 Å². The second kappa shape index (κ2) is 10.3.